The van der Waals surface area contributed by atoms with Gasteiger partial charge in [0.1, 0.15) is 17.4 Å². The van der Waals surface area contributed by atoms with Crippen molar-refractivity contribution in [3.63, 3.8) is 0 Å². The number of hydrogen-bond acceptors (Lipinski definition) is 1. The molecule has 0 heterocycles. The van der Waals surface area contributed by atoms with Gasteiger partial charge in [-0.15, -0.1) is 13.2 Å². The lowest BCUT2D eigenvalue weighted by molar-refractivity contribution is -0.274. The van der Waals surface area contributed by atoms with Gasteiger partial charge >= 0.3 is 6.36 Å². The minimum atomic E-state index is -4.74. The molecular weight excluding hydrogens is 399 g/mol. The number of benzene rings is 3. The summed E-state index contributed by atoms with van der Waals surface area (Å²) in [7, 11) is 0. The molecule has 0 atom stereocenters. The Morgan fingerprint density at radius 3 is 1.83 bits per heavy atom. The molecule has 0 aliphatic carbocycles. The second-order valence-corrected chi connectivity index (χ2v) is 6.58. The smallest absolute Gasteiger partial charge is 0.406 e. The Morgan fingerprint density at radius 1 is 0.800 bits per heavy atom. The van der Waals surface area contributed by atoms with Crippen molar-refractivity contribution in [2.75, 3.05) is 0 Å². The van der Waals surface area contributed by atoms with Crippen LogP contribution in [0.1, 0.15) is 30.0 Å². The Bertz CT molecular complexity index is 1050. The average Bonchev–Trinajstić information content (AvgIpc) is 2.67. The van der Waals surface area contributed by atoms with Gasteiger partial charge in [-0.3, -0.25) is 0 Å². The molecule has 0 unspecified atom stereocenters. The summed E-state index contributed by atoms with van der Waals surface area (Å²) in [5.41, 5.74) is 2.30. The van der Waals surface area contributed by atoms with E-state index >= 15 is 0 Å². The summed E-state index contributed by atoms with van der Waals surface area (Å²) < 4.78 is 68.8. The maximum atomic E-state index is 14.1. The largest absolute Gasteiger partial charge is 0.573 e. The van der Waals surface area contributed by atoms with Crippen molar-refractivity contribution in [3.05, 3.63) is 89.0 Å². The third-order valence-electron chi connectivity index (χ3n) is 4.28. The van der Waals surface area contributed by atoms with E-state index in [4.69, 9.17) is 0 Å². The van der Waals surface area contributed by atoms with Crippen LogP contribution in [0.5, 0.6) is 5.75 Å². The molecule has 0 bridgehead atoms. The van der Waals surface area contributed by atoms with Crippen LogP contribution in [-0.4, -0.2) is 6.36 Å². The number of hydrogen-bond donors (Lipinski definition) is 0. The van der Waals surface area contributed by atoms with Gasteiger partial charge in [0.15, 0.2) is 0 Å². The quantitative estimate of drug-likeness (QED) is 0.333. The van der Waals surface area contributed by atoms with Crippen LogP contribution in [-0.2, 0) is 6.42 Å². The van der Waals surface area contributed by atoms with Crippen molar-refractivity contribution in [1.29, 1.82) is 0 Å². The first kappa shape index (κ1) is 21.4. The Morgan fingerprint density at radius 2 is 1.33 bits per heavy atom. The third-order valence-corrected chi connectivity index (χ3v) is 4.28. The van der Waals surface area contributed by atoms with E-state index in [0.29, 0.717) is 23.1 Å². The van der Waals surface area contributed by atoms with E-state index in [1.807, 2.05) is 6.92 Å². The van der Waals surface area contributed by atoms with Crippen molar-refractivity contribution in [2.24, 2.45) is 0 Å². The standard InChI is InChI=1S/C24H17F5O/c1-2-3-17-14-22(25)21(23(26)15-17)13-6-16-4-7-18(8-5-16)19-9-11-20(12-10-19)30-24(27,28)29/h4-5,7-12,14-15H,2-3H2,1H3. The lowest BCUT2D eigenvalue weighted by Gasteiger charge is -2.09. The van der Waals surface area contributed by atoms with Gasteiger partial charge in [-0.2, -0.15) is 0 Å². The first-order valence-corrected chi connectivity index (χ1v) is 9.21. The molecule has 0 aliphatic heterocycles. The Hall–Kier alpha value is -3.33. The first-order chi connectivity index (χ1) is 14.2. The molecule has 3 aromatic rings. The monoisotopic (exact) mass is 416 g/mol. The van der Waals surface area contributed by atoms with Gasteiger partial charge in [0.25, 0.3) is 0 Å². The van der Waals surface area contributed by atoms with Gasteiger partial charge < -0.3 is 4.74 Å². The summed E-state index contributed by atoms with van der Waals surface area (Å²) in [6.07, 6.45) is -3.36. The maximum Gasteiger partial charge on any atom is 0.573 e. The molecule has 0 aliphatic rings. The van der Waals surface area contributed by atoms with Gasteiger partial charge in [-0.25, -0.2) is 8.78 Å². The van der Waals surface area contributed by atoms with Crippen molar-refractivity contribution < 1.29 is 26.7 Å². The van der Waals surface area contributed by atoms with E-state index in [-0.39, 0.29) is 11.3 Å². The summed E-state index contributed by atoms with van der Waals surface area (Å²) in [5, 5.41) is 0. The van der Waals surface area contributed by atoms with Gasteiger partial charge in [0.2, 0.25) is 0 Å². The zero-order valence-electron chi connectivity index (χ0n) is 16.0. The molecule has 6 heteroatoms. The highest BCUT2D eigenvalue weighted by Crippen LogP contribution is 2.26. The van der Waals surface area contributed by atoms with Crippen molar-refractivity contribution >= 4 is 0 Å². The van der Waals surface area contributed by atoms with E-state index < -0.39 is 18.0 Å². The molecular formula is C24H17F5O. The molecule has 30 heavy (non-hydrogen) atoms. The number of rotatable bonds is 4. The van der Waals surface area contributed by atoms with Crippen LogP contribution in [0.25, 0.3) is 11.1 Å². The molecule has 154 valence electrons. The summed E-state index contributed by atoms with van der Waals surface area (Å²) in [6.45, 7) is 1.93. The van der Waals surface area contributed by atoms with Crippen LogP contribution in [0.2, 0.25) is 0 Å². The number of alkyl halides is 3. The van der Waals surface area contributed by atoms with Gasteiger partial charge in [0.05, 0.1) is 5.56 Å². The zero-order chi connectivity index (χ0) is 21.7. The van der Waals surface area contributed by atoms with Gasteiger partial charge in [-0.05, 0) is 59.5 Å². The molecule has 3 rings (SSSR count). The highest BCUT2D eigenvalue weighted by molar-refractivity contribution is 5.65. The number of aryl methyl sites for hydroxylation is 1. The molecule has 0 spiro atoms. The van der Waals surface area contributed by atoms with Crippen molar-refractivity contribution in [2.45, 2.75) is 26.1 Å². The summed E-state index contributed by atoms with van der Waals surface area (Å²) in [6, 6.07) is 14.8. The fourth-order valence-corrected chi connectivity index (χ4v) is 2.91. The molecule has 0 saturated carbocycles. The molecule has 0 radical (unpaired) electrons. The predicted octanol–water partition coefficient (Wildman–Crippen LogP) is 6.88. The van der Waals surface area contributed by atoms with E-state index in [1.54, 1.807) is 24.3 Å². The molecule has 0 saturated heterocycles. The molecule has 0 fully saturated rings. The fraction of sp³-hybridized carbons (Fsp3) is 0.167. The molecule has 0 amide bonds. The molecule has 1 nitrogen and oxygen atoms in total. The second kappa shape index (κ2) is 9.00. The van der Waals surface area contributed by atoms with Crippen LogP contribution < -0.4 is 4.74 Å². The van der Waals surface area contributed by atoms with Gasteiger partial charge in [-0.1, -0.05) is 49.5 Å². The average molecular weight is 416 g/mol. The highest BCUT2D eigenvalue weighted by Gasteiger charge is 2.30. The normalized spacial score (nSPS) is 11.0. The second-order valence-electron chi connectivity index (χ2n) is 6.58. The lowest BCUT2D eigenvalue weighted by Crippen LogP contribution is -2.16. The Labute approximate surface area is 171 Å². The van der Waals surface area contributed by atoms with Gasteiger partial charge in [0, 0.05) is 5.56 Å². The first-order valence-electron chi connectivity index (χ1n) is 9.21. The topological polar surface area (TPSA) is 9.23 Å². The minimum absolute atomic E-state index is 0.279. The van der Waals surface area contributed by atoms with Crippen molar-refractivity contribution in [3.8, 4) is 28.7 Å². The maximum absolute atomic E-state index is 14.1. The summed E-state index contributed by atoms with van der Waals surface area (Å²) in [4.78, 5) is 0. The highest BCUT2D eigenvalue weighted by atomic mass is 19.4. The third kappa shape index (κ3) is 5.60. The number of halogens is 5. The lowest BCUT2D eigenvalue weighted by atomic mass is 10.0. The minimum Gasteiger partial charge on any atom is -0.406 e. The number of ether oxygens (including phenoxy) is 1. The van der Waals surface area contributed by atoms with Crippen LogP contribution in [0.15, 0.2) is 60.7 Å². The molecule has 3 aromatic carbocycles. The molecule has 0 N–H and O–H groups in total. The SMILES string of the molecule is CCCc1cc(F)c(C#Cc2ccc(-c3ccc(OC(F)(F)F)cc3)cc2)c(F)c1. The Kier molecular flexibility index (Phi) is 6.41. The van der Waals surface area contributed by atoms with E-state index in [0.717, 1.165) is 12.0 Å². The van der Waals surface area contributed by atoms with E-state index in [2.05, 4.69) is 16.6 Å². The van der Waals surface area contributed by atoms with Crippen molar-refractivity contribution in [1.82, 2.24) is 0 Å². The van der Waals surface area contributed by atoms with E-state index in [1.165, 1.54) is 36.4 Å². The molecule has 0 aromatic heterocycles. The van der Waals surface area contributed by atoms with Crippen LogP contribution >= 0.6 is 0 Å². The van der Waals surface area contributed by atoms with Crippen LogP contribution in [0, 0.1) is 23.5 Å². The Balaban J connectivity index is 1.76. The zero-order valence-corrected chi connectivity index (χ0v) is 16.0. The summed E-state index contributed by atoms with van der Waals surface area (Å²) in [5.74, 6) is 3.58. The van der Waals surface area contributed by atoms with Crippen LogP contribution in [0.4, 0.5) is 22.0 Å². The van der Waals surface area contributed by atoms with Crippen LogP contribution in [0.3, 0.4) is 0 Å². The summed E-state index contributed by atoms with van der Waals surface area (Å²) >= 11 is 0. The predicted molar refractivity (Wildman–Crippen MR) is 105 cm³/mol. The van der Waals surface area contributed by atoms with E-state index in [9.17, 15) is 22.0 Å². The fourth-order valence-electron chi connectivity index (χ4n) is 2.91.